The van der Waals surface area contributed by atoms with Gasteiger partial charge in [0.1, 0.15) is 11.3 Å². The van der Waals surface area contributed by atoms with Crippen molar-refractivity contribution in [2.24, 2.45) is 0 Å². The third-order valence-electron chi connectivity index (χ3n) is 5.02. The summed E-state index contributed by atoms with van der Waals surface area (Å²) < 4.78 is 37.9. The van der Waals surface area contributed by atoms with Crippen molar-refractivity contribution in [3.05, 3.63) is 59.7 Å². The molecular weight excluding hydrogens is 406 g/mol. The first-order valence-corrected chi connectivity index (χ1v) is 11.3. The minimum atomic E-state index is -3.74. The van der Waals surface area contributed by atoms with Crippen LogP contribution in [0.25, 0.3) is 0 Å². The van der Waals surface area contributed by atoms with Crippen LogP contribution >= 0.6 is 0 Å². The summed E-state index contributed by atoms with van der Waals surface area (Å²) in [6.45, 7) is 0.467. The fourth-order valence-corrected chi connectivity index (χ4v) is 4.90. The third kappa shape index (κ3) is 5.06. The number of ketones is 1. The van der Waals surface area contributed by atoms with Gasteiger partial charge in [0, 0.05) is 18.7 Å². The average molecular weight is 432 g/mol. The van der Waals surface area contributed by atoms with Gasteiger partial charge in [-0.2, -0.15) is 4.31 Å². The molecule has 0 aromatic heterocycles. The Morgan fingerprint density at radius 3 is 2.27 bits per heavy atom. The smallest absolute Gasteiger partial charge is 0.342 e. The van der Waals surface area contributed by atoms with Crippen LogP contribution in [-0.4, -0.2) is 51.3 Å². The molecule has 0 bridgehead atoms. The zero-order valence-electron chi connectivity index (χ0n) is 16.9. The zero-order valence-corrected chi connectivity index (χ0v) is 17.7. The summed E-state index contributed by atoms with van der Waals surface area (Å²) >= 11 is 0. The van der Waals surface area contributed by atoms with Gasteiger partial charge in [0.25, 0.3) is 0 Å². The number of esters is 1. The molecule has 0 saturated carbocycles. The van der Waals surface area contributed by atoms with Crippen LogP contribution in [0.1, 0.15) is 46.4 Å². The molecule has 0 unspecified atom stereocenters. The Kier molecular flexibility index (Phi) is 7.23. The second kappa shape index (κ2) is 9.86. The van der Waals surface area contributed by atoms with E-state index in [4.69, 9.17) is 9.47 Å². The molecule has 0 amide bonds. The van der Waals surface area contributed by atoms with Gasteiger partial charge in [0.05, 0.1) is 12.0 Å². The Morgan fingerprint density at radius 1 is 0.967 bits per heavy atom. The number of methoxy groups -OCH3 is 1. The summed E-state index contributed by atoms with van der Waals surface area (Å²) in [6.07, 6.45) is 3.63. The molecule has 8 heteroatoms. The molecule has 1 aliphatic rings. The fraction of sp³-hybridized carbons (Fsp3) is 0.364. The lowest BCUT2D eigenvalue weighted by atomic mass is 10.1. The molecule has 2 aromatic rings. The monoisotopic (exact) mass is 431 g/mol. The van der Waals surface area contributed by atoms with Crippen LogP contribution in [0.4, 0.5) is 0 Å². The van der Waals surface area contributed by atoms with E-state index in [9.17, 15) is 18.0 Å². The van der Waals surface area contributed by atoms with Crippen molar-refractivity contribution in [1.82, 2.24) is 4.31 Å². The summed E-state index contributed by atoms with van der Waals surface area (Å²) in [7, 11) is -2.36. The maximum Gasteiger partial charge on any atom is 0.342 e. The third-order valence-corrected chi connectivity index (χ3v) is 6.92. The Hall–Kier alpha value is -2.71. The molecule has 0 radical (unpaired) electrons. The average Bonchev–Trinajstić information content (AvgIpc) is 3.07. The predicted molar refractivity (Wildman–Crippen MR) is 111 cm³/mol. The van der Waals surface area contributed by atoms with Crippen LogP contribution in [0.15, 0.2) is 53.4 Å². The van der Waals surface area contributed by atoms with Gasteiger partial charge in [0.2, 0.25) is 10.0 Å². The Balaban J connectivity index is 1.80. The zero-order chi connectivity index (χ0) is 21.6. The molecule has 0 atom stereocenters. The van der Waals surface area contributed by atoms with Gasteiger partial charge in [-0.15, -0.1) is 0 Å². The van der Waals surface area contributed by atoms with E-state index < -0.39 is 22.6 Å². The number of rotatable bonds is 7. The van der Waals surface area contributed by atoms with E-state index >= 15 is 0 Å². The normalized spacial score (nSPS) is 15.2. The van der Waals surface area contributed by atoms with Crippen molar-refractivity contribution in [3.63, 3.8) is 0 Å². The van der Waals surface area contributed by atoms with Crippen LogP contribution in [0, 0.1) is 0 Å². The molecule has 1 aliphatic heterocycles. The molecule has 1 fully saturated rings. The van der Waals surface area contributed by atoms with E-state index in [2.05, 4.69) is 0 Å². The molecule has 2 aromatic carbocycles. The second-order valence-electron chi connectivity index (χ2n) is 7.05. The maximum absolute atomic E-state index is 13.0. The van der Waals surface area contributed by atoms with Gasteiger partial charge in [0.15, 0.2) is 12.4 Å². The first-order chi connectivity index (χ1) is 14.4. The number of nitrogens with zero attached hydrogens (tertiary/aromatic N) is 1. The molecule has 7 nitrogen and oxygen atoms in total. The first kappa shape index (κ1) is 22.0. The summed E-state index contributed by atoms with van der Waals surface area (Å²) in [4.78, 5) is 24.8. The summed E-state index contributed by atoms with van der Waals surface area (Å²) in [5, 5.41) is 0. The highest BCUT2D eigenvalue weighted by atomic mass is 32.2. The molecule has 160 valence electrons. The largest absolute Gasteiger partial charge is 0.496 e. The van der Waals surface area contributed by atoms with Crippen LogP contribution in [-0.2, 0) is 14.8 Å². The quantitative estimate of drug-likeness (QED) is 0.494. The molecule has 1 heterocycles. The molecule has 1 saturated heterocycles. The summed E-state index contributed by atoms with van der Waals surface area (Å²) in [5.74, 6) is -0.984. The highest BCUT2D eigenvalue weighted by Crippen LogP contribution is 2.26. The van der Waals surface area contributed by atoms with Crippen LogP contribution in [0.5, 0.6) is 5.75 Å². The van der Waals surface area contributed by atoms with E-state index in [1.165, 1.54) is 29.6 Å². The minimum Gasteiger partial charge on any atom is -0.496 e. The van der Waals surface area contributed by atoms with Crippen LogP contribution in [0.3, 0.4) is 0 Å². The number of sulfonamides is 1. The molecule has 0 N–H and O–H groups in total. The molecule has 0 spiro atoms. The standard InChI is InChI=1S/C22H25NO6S/c1-28-21-12-11-18(30(26,27)23-13-7-2-3-8-14-23)15-19(21)22(25)29-16-20(24)17-9-5-4-6-10-17/h4-6,9-12,15H,2-3,7-8,13-14,16H2,1H3. The lowest BCUT2D eigenvalue weighted by Gasteiger charge is -2.20. The molecule has 0 aliphatic carbocycles. The van der Waals surface area contributed by atoms with Crippen LogP contribution in [0.2, 0.25) is 0 Å². The number of hydrogen-bond donors (Lipinski definition) is 0. The van der Waals surface area contributed by atoms with E-state index in [1.54, 1.807) is 30.3 Å². The number of Topliss-reactive ketones (excluding diaryl/α,β-unsaturated/α-hetero) is 1. The highest BCUT2D eigenvalue weighted by molar-refractivity contribution is 7.89. The van der Waals surface area contributed by atoms with Gasteiger partial charge in [-0.3, -0.25) is 4.79 Å². The van der Waals surface area contributed by atoms with Crippen LogP contribution < -0.4 is 4.74 Å². The van der Waals surface area contributed by atoms with E-state index in [0.29, 0.717) is 18.7 Å². The van der Waals surface area contributed by atoms with E-state index in [0.717, 1.165) is 25.7 Å². The SMILES string of the molecule is COc1ccc(S(=O)(=O)N2CCCCCC2)cc1C(=O)OCC(=O)c1ccccc1. The number of carbonyl (C=O) groups excluding carboxylic acids is 2. The summed E-state index contributed by atoms with van der Waals surface area (Å²) in [5.41, 5.74) is 0.393. The van der Waals surface area contributed by atoms with E-state index in [-0.39, 0.29) is 22.0 Å². The molecule has 3 rings (SSSR count). The molecule has 30 heavy (non-hydrogen) atoms. The highest BCUT2D eigenvalue weighted by Gasteiger charge is 2.27. The van der Waals surface area contributed by atoms with Crippen molar-refractivity contribution in [2.75, 3.05) is 26.8 Å². The maximum atomic E-state index is 13.0. The topological polar surface area (TPSA) is 90.0 Å². The number of benzene rings is 2. The minimum absolute atomic E-state index is 0.00605. The number of ether oxygens (including phenoxy) is 2. The predicted octanol–water partition coefficient (Wildman–Crippen LogP) is 3.30. The van der Waals surface area contributed by atoms with Crippen molar-refractivity contribution in [1.29, 1.82) is 0 Å². The number of hydrogen-bond acceptors (Lipinski definition) is 6. The van der Waals surface area contributed by atoms with Crippen molar-refractivity contribution >= 4 is 21.8 Å². The first-order valence-electron chi connectivity index (χ1n) is 9.87. The Morgan fingerprint density at radius 2 is 1.63 bits per heavy atom. The lowest BCUT2D eigenvalue weighted by Crippen LogP contribution is -2.32. The lowest BCUT2D eigenvalue weighted by molar-refractivity contribution is 0.0471. The Bertz CT molecular complexity index is 996. The number of carbonyl (C=O) groups is 2. The van der Waals surface area contributed by atoms with Gasteiger partial charge >= 0.3 is 5.97 Å². The summed E-state index contributed by atoms with van der Waals surface area (Å²) in [6, 6.07) is 12.6. The van der Waals surface area contributed by atoms with Crippen molar-refractivity contribution in [2.45, 2.75) is 30.6 Å². The molecular formula is C22H25NO6S. The van der Waals surface area contributed by atoms with Gasteiger partial charge in [-0.1, -0.05) is 43.2 Å². The second-order valence-corrected chi connectivity index (χ2v) is 8.98. The van der Waals surface area contributed by atoms with Crippen molar-refractivity contribution in [3.8, 4) is 5.75 Å². The van der Waals surface area contributed by atoms with Gasteiger partial charge in [-0.25, -0.2) is 13.2 Å². The Labute approximate surface area is 176 Å². The van der Waals surface area contributed by atoms with Gasteiger partial charge in [-0.05, 0) is 31.0 Å². The van der Waals surface area contributed by atoms with Gasteiger partial charge < -0.3 is 9.47 Å². The fourth-order valence-electron chi connectivity index (χ4n) is 3.35. The van der Waals surface area contributed by atoms with E-state index in [1.807, 2.05) is 0 Å². The van der Waals surface area contributed by atoms with Crippen molar-refractivity contribution < 1.29 is 27.5 Å².